The maximum Gasteiger partial charge on any atom is 0.254 e. The summed E-state index contributed by atoms with van der Waals surface area (Å²) in [5.74, 6) is 2.03. The third-order valence-corrected chi connectivity index (χ3v) is 5.42. The average molecular weight is 421 g/mol. The molecule has 1 aromatic heterocycles. The molecule has 4 nitrogen and oxygen atoms in total. The molecule has 1 aliphatic rings. The van der Waals surface area contributed by atoms with Crippen molar-refractivity contribution in [2.75, 3.05) is 20.6 Å². The van der Waals surface area contributed by atoms with Gasteiger partial charge >= 0.3 is 0 Å². The first-order valence-corrected chi connectivity index (χ1v) is 10.4. The zero-order valence-electron chi connectivity index (χ0n) is 17.3. The molecule has 0 saturated carbocycles. The standard InChI is InChI=1S/C25H25ClN2O2/c1-27(2)17-23-15-21-16-28(14-13-24(21)30-23)25(29)20-9-5-18(6-10-20)3-4-19-7-11-22(26)12-8-19/h3-12,15H,13-14,16-17H2,1-2H3. The number of nitrogens with zero attached hydrogens (tertiary/aromatic N) is 2. The van der Waals surface area contributed by atoms with Crippen LogP contribution in [0.4, 0.5) is 0 Å². The van der Waals surface area contributed by atoms with Crippen LogP contribution in [0.1, 0.15) is 38.6 Å². The minimum absolute atomic E-state index is 0.0595. The molecule has 30 heavy (non-hydrogen) atoms. The molecule has 4 rings (SSSR count). The van der Waals surface area contributed by atoms with Crippen LogP contribution in [-0.2, 0) is 19.5 Å². The quantitative estimate of drug-likeness (QED) is 0.521. The Labute approximate surface area is 182 Å². The molecule has 0 N–H and O–H groups in total. The second-order valence-electron chi connectivity index (χ2n) is 7.88. The lowest BCUT2D eigenvalue weighted by Gasteiger charge is -2.26. The Balaban J connectivity index is 1.41. The third-order valence-electron chi connectivity index (χ3n) is 5.17. The predicted molar refractivity (Wildman–Crippen MR) is 121 cm³/mol. The van der Waals surface area contributed by atoms with Gasteiger partial charge in [-0.05, 0) is 55.6 Å². The van der Waals surface area contributed by atoms with Gasteiger partial charge in [-0.2, -0.15) is 0 Å². The second kappa shape index (κ2) is 8.90. The maximum atomic E-state index is 13.0. The lowest BCUT2D eigenvalue weighted by Crippen LogP contribution is -2.35. The van der Waals surface area contributed by atoms with Crippen molar-refractivity contribution in [3.8, 4) is 0 Å². The van der Waals surface area contributed by atoms with Crippen molar-refractivity contribution in [1.82, 2.24) is 9.80 Å². The molecule has 0 radical (unpaired) electrons. The van der Waals surface area contributed by atoms with Gasteiger partial charge in [-0.25, -0.2) is 0 Å². The first-order valence-electron chi connectivity index (χ1n) is 10.1. The van der Waals surface area contributed by atoms with Crippen molar-refractivity contribution in [2.45, 2.75) is 19.5 Å². The van der Waals surface area contributed by atoms with Crippen LogP contribution in [0.2, 0.25) is 5.02 Å². The molecule has 0 atom stereocenters. The van der Waals surface area contributed by atoms with Gasteiger partial charge in [-0.15, -0.1) is 0 Å². The molecule has 2 heterocycles. The van der Waals surface area contributed by atoms with E-state index >= 15 is 0 Å². The van der Waals surface area contributed by atoms with Gasteiger partial charge < -0.3 is 14.2 Å². The monoisotopic (exact) mass is 420 g/mol. The van der Waals surface area contributed by atoms with Crippen LogP contribution < -0.4 is 0 Å². The highest BCUT2D eigenvalue weighted by molar-refractivity contribution is 6.30. The Kier molecular flexibility index (Phi) is 6.07. The van der Waals surface area contributed by atoms with E-state index in [1.54, 1.807) is 0 Å². The van der Waals surface area contributed by atoms with E-state index in [2.05, 4.69) is 11.0 Å². The van der Waals surface area contributed by atoms with Crippen LogP contribution in [0.3, 0.4) is 0 Å². The van der Waals surface area contributed by atoms with E-state index in [4.69, 9.17) is 16.0 Å². The van der Waals surface area contributed by atoms with Crippen LogP contribution >= 0.6 is 11.6 Å². The fraction of sp³-hybridized carbons (Fsp3) is 0.240. The molecule has 0 unspecified atom stereocenters. The van der Waals surface area contributed by atoms with E-state index in [1.807, 2.05) is 79.7 Å². The van der Waals surface area contributed by atoms with Gasteiger partial charge in [-0.1, -0.05) is 48.0 Å². The Morgan fingerprint density at radius 3 is 2.33 bits per heavy atom. The molecule has 3 aromatic rings. The molecular weight excluding hydrogens is 396 g/mol. The molecule has 0 spiro atoms. The van der Waals surface area contributed by atoms with E-state index in [1.165, 1.54) is 0 Å². The van der Waals surface area contributed by atoms with E-state index < -0.39 is 0 Å². The molecule has 1 amide bonds. The third kappa shape index (κ3) is 4.84. The van der Waals surface area contributed by atoms with Crippen molar-refractivity contribution in [1.29, 1.82) is 0 Å². The van der Waals surface area contributed by atoms with E-state index in [0.29, 0.717) is 18.7 Å². The summed E-state index contributed by atoms with van der Waals surface area (Å²) in [5, 5.41) is 0.726. The SMILES string of the molecule is CN(C)Cc1cc2c(o1)CCN(C(=O)c1ccc(C=Cc3ccc(Cl)cc3)cc1)C2. The molecule has 5 heteroatoms. The number of carbonyl (C=O) groups is 1. The van der Waals surface area contributed by atoms with Crippen molar-refractivity contribution in [3.05, 3.63) is 93.4 Å². The van der Waals surface area contributed by atoms with Gasteiger partial charge in [0.1, 0.15) is 11.5 Å². The van der Waals surface area contributed by atoms with Crippen molar-refractivity contribution < 1.29 is 9.21 Å². The van der Waals surface area contributed by atoms with Crippen molar-refractivity contribution in [3.63, 3.8) is 0 Å². The molecule has 0 bridgehead atoms. The Hall–Kier alpha value is -2.82. The van der Waals surface area contributed by atoms with E-state index in [9.17, 15) is 4.79 Å². The number of hydrogen-bond acceptors (Lipinski definition) is 3. The fourth-order valence-electron chi connectivity index (χ4n) is 3.64. The molecule has 0 aliphatic carbocycles. The molecule has 0 fully saturated rings. The van der Waals surface area contributed by atoms with E-state index in [0.717, 1.165) is 46.2 Å². The number of carbonyl (C=O) groups excluding carboxylic acids is 1. The minimum atomic E-state index is 0.0595. The lowest BCUT2D eigenvalue weighted by molar-refractivity contribution is 0.0729. The first kappa shape index (κ1) is 20.5. The summed E-state index contributed by atoms with van der Waals surface area (Å²) in [4.78, 5) is 17.0. The maximum absolute atomic E-state index is 13.0. The van der Waals surface area contributed by atoms with Gasteiger partial charge in [0.05, 0.1) is 6.54 Å². The lowest BCUT2D eigenvalue weighted by atomic mass is 10.1. The molecule has 0 saturated heterocycles. The Morgan fingerprint density at radius 2 is 1.70 bits per heavy atom. The van der Waals surface area contributed by atoms with Gasteiger partial charge in [0.25, 0.3) is 5.91 Å². The van der Waals surface area contributed by atoms with Gasteiger partial charge in [-0.3, -0.25) is 4.79 Å². The summed E-state index contributed by atoms with van der Waals surface area (Å²) in [7, 11) is 4.04. The zero-order valence-corrected chi connectivity index (χ0v) is 18.0. The number of rotatable bonds is 5. The van der Waals surface area contributed by atoms with Crippen LogP contribution in [0, 0.1) is 0 Å². The van der Waals surface area contributed by atoms with Crippen LogP contribution in [0.5, 0.6) is 0 Å². The normalized spacial score (nSPS) is 13.8. The van der Waals surface area contributed by atoms with Gasteiger partial charge in [0.15, 0.2) is 0 Å². The van der Waals surface area contributed by atoms with Crippen LogP contribution in [0.15, 0.2) is 59.0 Å². The number of benzene rings is 2. The number of furan rings is 1. The van der Waals surface area contributed by atoms with Gasteiger partial charge in [0, 0.05) is 35.7 Å². The number of fused-ring (bicyclic) bond motifs is 1. The molecular formula is C25H25ClN2O2. The number of amides is 1. The van der Waals surface area contributed by atoms with Crippen LogP contribution in [-0.4, -0.2) is 36.3 Å². The second-order valence-corrected chi connectivity index (χ2v) is 8.32. The summed E-state index contributed by atoms with van der Waals surface area (Å²) in [6.07, 6.45) is 4.82. The summed E-state index contributed by atoms with van der Waals surface area (Å²) >= 11 is 5.92. The zero-order chi connectivity index (χ0) is 21.1. The summed E-state index contributed by atoms with van der Waals surface area (Å²) < 4.78 is 5.94. The number of hydrogen-bond donors (Lipinski definition) is 0. The first-order chi connectivity index (χ1) is 14.5. The van der Waals surface area contributed by atoms with E-state index in [-0.39, 0.29) is 5.91 Å². The average Bonchev–Trinajstić information content (AvgIpc) is 3.14. The summed E-state index contributed by atoms with van der Waals surface area (Å²) in [5.41, 5.74) is 3.95. The summed E-state index contributed by atoms with van der Waals surface area (Å²) in [6, 6.07) is 17.5. The highest BCUT2D eigenvalue weighted by Gasteiger charge is 2.25. The van der Waals surface area contributed by atoms with Crippen LogP contribution in [0.25, 0.3) is 12.2 Å². The minimum Gasteiger partial charge on any atom is -0.464 e. The highest BCUT2D eigenvalue weighted by atomic mass is 35.5. The molecule has 154 valence electrons. The van der Waals surface area contributed by atoms with Crippen molar-refractivity contribution in [2.24, 2.45) is 0 Å². The summed E-state index contributed by atoms with van der Waals surface area (Å²) in [6.45, 7) is 2.05. The largest absolute Gasteiger partial charge is 0.464 e. The topological polar surface area (TPSA) is 36.7 Å². The fourth-order valence-corrected chi connectivity index (χ4v) is 3.77. The van der Waals surface area contributed by atoms with Crippen molar-refractivity contribution >= 4 is 29.7 Å². The predicted octanol–water partition coefficient (Wildman–Crippen LogP) is 5.36. The smallest absolute Gasteiger partial charge is 0.254 e. The number of halogens is 1. The molecule has 2 aromatic carbocycles. The molecule has 1 aliphatic heterocycles. The Bertz CT molecular complexity index is 1050. The highest BCUT2D eigenvalue weighted by Crippen LogP contribution is 2.25. The Morgan fingerprint density at radius 1 is 1.07 bits per heavy atom. The van der Waals surface area contributed by atoms with Gasteiger partial charge in [0.2, 0.25) is 0 Å².